The van der Waals surface area contributed by atoms with Gasteiger partial charge in [-0.1, -0.05) is 39.7 Å². The molecule has 0 spiro atoms. The normalized spacial score (nSPS) is 13.5. The van der Waals surface area contributed by atoms with Crippen LogP contribution in [0, 0.1) is 0 Å². The van der Waals surface area contributed by atoms with E-state index in [0.717, 1.165) is 16.6 Å². The van der Waals surface area contributed by atoms with Crippen molar-refractivity contribution in [2.24, 2.45) is 0 Å². The van der Waals surface area contributed by atoms with Crippen LogP contribution < -0.4 is 4.90 Å². The van der Waals surface area contributed by atoms with Crippen LogP contribution in [-0.2, 0) is 6.42 Å². The fourth-order valence-electron chi connectivity index (χ4n) is 2.36. The standard InChI is InChI=1S/C15H11BrClNO/c16-11-5-6-14-10(9-11)7-8-18(14)15(19)12-3-1-2-4-13(12)17/h1-6,9H,7-8H2. The van der Waals surface area contributed by atoms with Crippen molar-refractivity contribution in [3.63, 3.8) is 0 Å². The molecule has 0 saturated heterocycles. The second-order valence-corrected chi connectivity index (χ2v) is 5.78. The molecule has 0 unspecified atom stereocenters. The summed E-state index contributed by atoms with van der Waals surface area (Å²) in [5.41, 5.74) is 2.72. The lowest BCUT2D eigenvalue weighted by atomic mass is 10.1. The summed E-state index contributed by atoms with van der Waals surface area (Å²) in [6.07, 6.45) is 0.880. The zero-order valence-electron chi connectivity index (χ0n) is 10.1. The SMILES string of the molecule is O=C(c1ccccc1Cl)N1CCc2cc(Br)ccc21. The monoisotopic (exact) mass is 335 g/mol. The maximum Gasteiger partial charge on any atom is 0.259 e. The quantitative estimate of drug-likeness (QED) is 0.760. The maximum atomic E-state index is 12.5. The number of benzene rings is 2. The molecule has 0 saturated carbocycles. The second-order valence-electron chi connectivity index (χ2n) is 4.46. The highest BCUT2D eigenvalue weighted by Crippen LogP contribution is 2.32. The molecule has 1 aliphatic heterocycles. The van der Waals surface area contributed by atoms with Crippen LogP contribution >= 0.6 is 27.5 Å². The summed E-state index contributed by atoms with van der Waals surface area (Å²) in [5.74, 6) is -0.0355. The molecule has 0 atom stereocenters. The van der Waals surface area contributed by atoms with Crippen LogP contribution in [0.1, 0.15) is 15.9 Å². The topological polar surface area (TPSA) is 20.3 Å². The predicted octanol–water partition coefficient (Wildman–Crippen LogP) is 4.31. The average Bonchev–Trinajstić information content (AvgIpc) is 2.81. The lowest BCUT2D eigenvalue weighted by Gasteiger charge is -2.18. The molecule has 2 nitrogen and oxygen atoms in total. The molecule has 4 heteroatoms. The van der Waals surface area contributed by atoms with Crippen LogP contribution in [0.5, 0.6) is 0 Å². The first-order chi connectivity index (χ1) is 9.16. The van der Waals surface area contributed by atoms with Gasteiger partial charge in [0, 0.05) is 16.7 Å². The molecule has 0 bridgehead atoms. The molecule has 0 N–H and O–H groups in total. The lowest BCUT2D eigenvalue weighted by molar-refractivity contribution is 0.0989. The van der Waals surface area contributed by atoms with Gasteiger partial charge in [-0.15, -0.1) is 0 Å². The van der Waals surface area contributed by atoms with Crippen LogP contribution in [0.4, 0.5) is 5.69 Å². The molecule has 19 heavy (non-hydrogen) atoms. The smallest absolute Gasteiger partial charge is 0.259 e. The third-order valence-corrected chi connectivity index (χ3v) is 4.11. The Morgan fingerprint density at radius 1 is 1.21 bits per heavy atom. The molecule has 0 radical (unpaired) electrons. The highest BCUT2D eigenvalue weighted by atomic mass is 79.9. The van der Waals surface area contributed by atoms with Crippen molar-refractivity contribution < 1.29 is 4.79 Å². The number of carbonyl (C=O) groups is 1. The molecule has 96 valence electrons. The summed E-state index contributed by atoms with van der Waals surface area (Å²) >= 11 is 9.55. The van der Waals surface area contributed by atoms with Gasteiger partial charge in [-0.25, -0.2) is 0 Å². The number of hydrogen-bond donors (Lipinski definition) is 0. The molecule has 0 aromatic heterocycles. The molecule has 0 aliphatic carbocycles. The lowest BCUT2D eigenvalue weighted by Crippen LogP contribution is -2.29. The minimum absolute atomic E-state index is 0.0355. The molecular weight excluding hydrogens is 326 g/mol. The van der Waals surface area contributed by atoms with Gasteiger partial charge in [-0.05, 0) is 42.3 Å². The van der Waals surface area contributed by atoms with E-state index in [9.17, 15) is 4.79 Å². The number of rotatable bonds is 1. The van der Waals surface area contributed by atoms with E-state index in [-0.39, 0.29) is 5.91 Å². The first-order valence-corrected chi connectivity index (χ1v) is 7.19. The molecule has 1 aliphatic rings. The third-order valence-electron chi connectivity index (χ3n) is 3.29. The predicted molar refractivity (Wildman–Crippen MR) is 81.0 cm³/mol. The Balaban J connectivity index is 1.98. The van der Waals surface area contributed by atoms with Crippen molar-refractivity contribution in [3.8, 4) is 0 Å². The van der Waals surface area contributed by atoms with E-state index >= 15 is 0 Å². The molecule has 3 rings (SSSR count). The van der Waals surface area contributed by atoms with Crippen LogP contribution in [0.25, 0.3) is 0 Å². The number of halogens is 2. The Hall–Kier alpha value is -1.32. The Labute approximate surface area is 125 Å². The van der Waals surface area contributed by atoms with Gasteiger partial charge >= 0.3 is 0 Å². The Morgan fingerprint density at radius 2 is 2.00 bits per heavy atom. The van der Waals surface area contributed by atoms with E-state index in [2.05, 4.69) is 22.0 Å². The second kappa shape index (κ2) is 4.99. The molecule has 1 heterocycles. The summed E-state index contributed by atoms with van der Waals surface area (Å²) < 4.78 is 1.04. The molecular formula is C15H11BrClNO. The molecule has 0 fully saturated rings. The fraction of sp³-hybridized carbons (Fsp3) is 0.133. The number of anilines is 1. The summed E-state index contributed by atoms with van der Waals surface area (Å²) in [5, 5.41) is 0.498. The fourth-order valence-corrected chi connectivity index (χ4v) is 2.99. The first-order valence-electron chi connectivity index (χ1n) is 6.01. The van der Waals surface area contributed by atoms with E-state index in [1.54, 1.807) is 17.0 Å². The molecule has 2 aromatic carbocycles. The van der Waals surface area contributed by atoms with E-state index in [0.29, 0.717) is 17.1 Å². The number of fused-ring (bicyclic) bond motifs is 1. The highest BCUT2D eigenvalue weighted by molar-refractivity contribution is 9.10. The maximum absolute atomic E-state index is 12.5. The van der Waals surface area contributed by atoms with E-state index in [4.69, 9.17) is 11.6 Å². The highest BCUT2D eigenvalue weighted by Gasteiger charge is 2.26. The summed E-state index contributed by atoms with van der Waals surface area (Å²) in [6.45, 7) is 0.704. The minimum atomic E-state index is -0.0355. The summed E-state index contributed by atoms with van der Waals surface area (Å²) in [4.78, 5) is 14.3. The Kier molecular flexibility index (Phi) is 3.33. The first kappa shape index (κ1) is 12.7. The number of carbonyl (C=O) groups excluding carboxylic acids is 1. The average molecular weight is 337 g/mol. The largest absolute Gasteiger partial charge is 0.308 e. The zero-order chi connectivity index (χ0) is 13.4. The number of nitrogens with zero attached hydrogens (tertiary/aromatic N) is 1. The Morgan fingerprint density at radius 3 is 2.79 bits per heavy atom. The van der Waals surface area contributed by atoms with Crippen LogP contribution in [-0.4, -0.2) is 12.5 Å². The van der Waals surface area contributed by atoms with Crippen molar-refractivity contribution in [1.82, 2.24) is 0 Å². The van der Waals surface area contributed by atoms with Gasteiger partial charge in [0.25, 0.3) is 5.91 Å². The van der Waals surface area contributed by atoms with Gasteiger partial charge in [0.05, 0.1) is 10.6 Å². The van der Waals surface area contributed by atoms with Crippen molar-refractivity contribution in [3.05, 3.63) is 63.1 Å². The Bertz CT molecular complexity index is 656. The van der Waals surface area contributed by atoms with E-state index < -0.39 is 0 Å². The number of hydrogen-bond acceptors (Lipinski definition) is 1. The van der Waals surface area contributed by atoms with Crippen LogP contribution in [0.15, 0.2) is 46.9 Å². The zero-order valence-corrected chi connectivity index (χ0v) is 12.4. The van der Waals surface area contributed by atoms with Gasteiger partial charge in [0.2, 0.25) is 0 Å². The van der Waals surface area contributed by atoms with Gasteiger partial charge in [-0.2, -0.15) is 0 Å². The van der Waals surface area contributed by atoms with Crippen molar-refractivity contribution in [2.45, 2.75) is 6.42 Å². The van der Waals surface area contributed by atoms with Crippen LogP contribution in [0.3, 0.4) is 0 Å². The van der Waals surface area contributed by atoms with Crippen LogP contribution in [0.2, 0.25) is 5.02 Å². The van der Waals surface area contributed by atoms with Gasteiger partial charge in [0.1, 0.15) is 0 Å². The van der Waals surface area contributed by atoms with Gasteiger partial charge < -0.3 is 4.90 Å². The molecule has 2 aromatic rings. The van der Waals surface area contributed by atoms with Crippen molar-refractivity contribution in [2.75, 3.05) is 11.4 Å². The van der Waals surface area contributed by atoms with Gasteiger partial charge in [-0.3, -0.25) is 4.79 Å². The van der Waals surface area contributed by atoms with E-state index in [1.807, 2.05) is 24.3 Å². The number of amides is 1. The van der Waals surface area contributed by atoms with Crippen molar-refractivity contribution >= 4 is 39.1 Å². The third kappa shape index (κ3) is 2.28. The molecule has 1 amide bonds. The van der Waals surface area contributed by atoms with Crippen molar-refractivity contribution in [1.29, 1.82) is 0 Å². The van der Waals surface area contributed by atoms with E-state index in [1.165, 1.54) is 5.56 Å². The minimum Gasteiger partial charge on any atom is -0.308 e. The summed E-state index contributed by atoms with van der Waals surface area (Å²) in [6, 6.07) is 13.2. The van der Waals surface area contributed by atoms with Gasteiger partial charge in [0.15, 0.2) is 0 Å². The summed E-state index contributed by atoms with van der Waals surface area (Å²) in [7, 11) is 0.